The summed E-state index contributed by atoms with van der Waals surface area (Å²) in [4.78, 5) is 4.54. The molecule has 24 heavy (non-hydrogen) atoms. The van der Waals surface area contributed by atoms with Crippen LogP contribution in [-0.4, -0.2) is 33.8 Å². The van der Waals surface area contributed by atoms with Crippen molar-refractivity contribution >= 4 is 5.96 Å². The Balaban J connectivity index is 1.93. The third kappa shape index (κ3) is 4.78. The number of aryl methyl sites for hydroxylation is 2. The summed E-state index contributed by atoms with van der Waals surface area (Å²) in [5, 5.41) is 14.6. The van der Waals surface area contributed by atoms with Crippen LogP contribution in [0.3, 0.4) is 0 Å². The first-order valence-corrected chi connectivity index (χ1v) is 8.13. The van der Waals surface area contributed by atoms with E-state index < -0.39 is 0 Å². The zero-order valence-electron chi connectivity index (χ0n) is 14.7. The summed E-state index contributed by atoms with van der Waals surface area (Å²) in [6.45, 7) is 7.81. The molecule has 2 aromatic rings. The van der Waals surface area contributed by atoms with Gasteiger partial charge in [-0.05, 0) is 50.5 Å². The molecule has 7 heteroatoms. The Morgan fingerprint density at radius 3 is 2.67 bits per heavy atom. The number of halogens is 1. The minimum Gasteiger partial charge on any atom is -0.357 e. The van der Waals surface area contributed by atoms with Gasteiger partial charge in [0.2, 0.25) is 0 Å². The van der Waals surface area contributed by atoms with E-state index in [1.807, 2.05) is 38.5 Å². The first-order valence-electron chi connectivity index (χ1n) is 8.13. The van der Waals surface area contributed by atoms with Crippen molar-refractivity contribution in [2.24, 2.45) is 12.0 Å². The molecule has 0 radical (unpaired) electrons. The largest absolute Gasteiger partial charge is 0.357 e. The van der Waals surface area contributed by atoms with Gasteiger partial charge in [0.25, 0.3) is 0 Å². The number of nitrogens with zero attached hydrogens (tertiary/aromatic N) is 4. The van der Waals surface area contributed by atoms with Crippen molar-refractivity contribution in [2.75, 3.05) is 13.1 Å². The third-order valence-corrected chi connectivity index (χ3v) is 3.90. The molecule has 2 rings (SSSR count). The molecule has 1 heterocycles. The van der Waals surface area contributed by atoms with E-state index in [0.29, 0.717) is 6.54 Å². The second-order valence-corrected chi connectivity index (χ2v) is 5.67. The van der Waals surface area contributed by atoms with Gasteiger partial charge >= 0.3 is 0 Å². The van der Waals surface area contributed by atoms with Gasteiger partial charge in [-0.25, -0.2) is 9.38 Å². The number of guanidine groups is 1. The number of hydrogen-bond donors (Lipinski definition) is 2. The maximum Gasteiger partial charge on any atom is 0.191 e. The molecule has 0 aliphatic rings. The first kappa shape index (κ1) is 17.9. The van der Waals surface area contributed by atoms with E-state index in [4.69, 9.17) is 0 Å². The van der Waals surface area contributed by atoms with E-state index in [1.54, 1.807) is 6.07 Å². The van der Waals surface area contributed by atoms with Gasteiger partial charge in [0.1, 0.15) is 18.2 Å². The molecule has 0 aliphatic carbocycles. The van der Waals surface area contributed by atoms with Crippen LogP contribution in [0.5, 0.6) is 0 Å². The highest BCUT2D eigenvalue weighted by Crippen LogP contribution is 2.10. The van der Waals surface area contributed by atoms with Gasteiger partial charge in [-0.15, -0.1) is 10.2 Å². The van der Waals surface area contributed by atoms with Crippen LogP contribution in [0.4, 0.5) is 4.39 Å². The van der Waals surface area contributed by atoms with Crippen molar-refractivity contribution in [3.63, 3.8) is 0 Å². The predicted molar refractivity (Wildman–Crippen MR) is 93.4 cm³/mol. The monoisotopic (exact) mass is 332 g/mol. The van der Waals surface area contributed by atoms with Gasteiger partial charge in [-0.1, -0.05) is 6.07 Å². The van der Waals surface area contributed by atoms with E-state index in [9.17, 15) is 4.39 Å². The van der Waals surface area contributed by atoms with Gasteiger partial charge in [-0.2, -0.15) is 0 Å². The van der Waals surface area contributed by atoms with Crippen LogP contribution in [0.1, 0.15) is 29.7 Å². The highest BCUT2D eigenvalue weighted by molar-refractivity contribution is 5.79. The molecule has 0 bridgehead atoms. The predicted octanol–water partition coefficient (Wildman–Crippen LogP) is 1.87. The molecule has 1 aromatic carbocycles. The lowest BCUT2D eigenvalue weighted by Crippen LogP contribution is -2.38. The fourth-order valence-electron chi connectivity index (χ4n) is 2.34. The Kier molecular flexibility index (Phi) is 6.28. The van der Waals surface area contributed by atoms with Crippen LogP contribution in [0.25, 0.3) is 0 Å². The molecule has 1 aromatic heterocycles. The molecule has 0 amide bonds. The summed E-state index contributed by atoms with van der Waals surface area (Å²) < 4.78 is 15.1. The van der Waals surface area contributed by atoms with Gasteiger partial charge in [0, 0.05) is 20.1 Å². The third-order valence-electron chi connectivity index (χ3n) is 3.90. The molecule has 130 valence electrons. The Labute approximate surface area is 142 Å². The smallest absolute Gasteiger partial charge is 0.191 e. The number of aliphatic imine (C=N–C) groups is 1. The highest BCUT2D eigenvalue weighted by Gasteiger charge is 2.05. The van der Waals surface area contributed by atoms with E-state index >= 15 is 0 Å². The van der Waals surface area contributed by atoms with Gasteiger partial charge < -0.3 is 15.2 Å². The molecule has 0 saturated heterocycles. The summed E-state index contributed by atoms with van der Waals surface area (Å²) in [6, 6.07) is 4.89. The second kappa shape index (κ2) is 8.42. The number of nitrogens with one attached hydrogen (secondary N) is 2. The zero-order chi connectivity index (χ0) is 17.5. The lowest BCUT2D eigenvalue weighted by Gasteiger charge is -2.12. The van der Waals surface area contributed by atoms with Crippen molar-refractivity contribution < 1.29 is 4.39 Å². The van der Waals surface area contributed by atoms with E-state index in [2.05, 4.69) is 25.8 Å². The molecule has 0 atom stereocenters. The summed E-state index contributed by atoms with van der Waals surface area (Å²) >= 11 is 0. The number of rotatable bonds is 6. The SMILES string of the molecule is CCNC(=NCc1nnc(C)n1C)NCCc1ccc(F)cc1C. The fraction of sp³-hybridized carbons (Fsp3) is 0.471. The van der Waals surface area contributed by atoms with Crippen LogP contribution in [0.15, 0.2) is 23.2 Å². The first-order chi connectivity index (χ1) is 11.5. The molecule has 0 aliphatic heterocycles. The number of hydrogen-bond acceptors (Lipinski definition) is 3. The molecular formula is C17H25FN6. The summed E-state index contributed by atoms with van der Waals surface area (Å²) in [7, 11) is 1.93. The fourth-order valence-corrected chi connectivity index (χ4v) is 2.34. The van der Waals surface area contributed by atoms with Crippen molar-refractivity contribution in [3.05, 3.63) is 46.8 Å². The maximum atomic E-state index is 13.1. The molecule has 0 fully saturated rings. The quantitative estimate of drug-likeness (QED) is 0.626. The van der Waals surface area contributed by atoms with Crippen LogP contribution in [0, 0.1) is 19.7 Å². The van der Waals surface area contributed by atoms with Gasteiger partial charge in [0.15, 0.2) is 11.8 Å². The van der Waals surface area contributed by atoms with Gasteiger partial charge in [0.05, 0.1) is 0 Å². The summed E-state index contributed by atoms with van der Waals surface area (Å²) in [5.41, 5.74) is 2.09. The Bertz CT molecular complexity index is 707. The molecule has 6 nitrogen and oxygen atoms in total. The van der Waals surface area contributed by atoms with Crippen LogP contribution >= 0.6 is 0 Å². The minimum atomic E-state index is -0.196. The van der Waals surface area contributed by atoms with Crippen LogP contribution in [0.2, 0.25) is 0 Å². The van der Waals surface area contributed by atoms with Crippen LogP contribution in [-0.2, 0) is 20.0 Å². The van der Waals surface area contributed by atoms with Crippen LogP contribution < -0.4 is 10.6 Å². The zero-order valence-corrected chi connectivity index (χ0v) is 14.7. The van der Waals surface area contributed by atoms with E-state index in [0.717, 1.165) is 48.2 Å². The Hall–Kier alpha value is -2.44. The van der Waals surface area contributed by atoms with Crippen molar-refractivity contribution in [1.29, 1.82) is 0 Å². The van der Waals surface area contributed by atoms with E-state index in [-0.39, 0.29) is 5.82 Å². The van der Waals surface area contributed by atoms with Crippen molar-refractivity contribution in [2.45, 2.75) is 33.7 Å². The maximum absolute atomic E-state index is 13.1. The van der Waals surface area contributed by atoms with Gasteiger partial charge in [-0.3, -0.25) is 0 Å². The number of benzene rings is 1. The second-order valence-electron chi connectivity index (χ2n) is 5.67. The average molecular weight is 332 g/mol. The lowest BCUT2D eigenvalue weighted by atomic mass is 10.1. The Morgan fingerprint density at radius 2 is 2.04 bits per heavy atom. The lowest BCUT2D eigenvalue weighted by molar-refractivity contribution is 0.625. The summed E-state index contributed by atoms with van der Waals surface area (Å²) in [6.07, 6.45) is 0.805. The van der Waals surface area contributed by atoms with Crippen molar-refractivity contribution in [3.8, 4) is 0 Å². The molecule has 0 saturated carbocycles. The molecule has 0 unspecified atom stereocenters. The summed E-state index contributed by atoms with van der Waals surface area (Å²) in [5.74, 6) is 2.22. The molecular weight excluding hydrogens is 307 g/mol. The molecule has 0 spiro atoms. The van der Waals surface area contributed by atoms with Crippen molar-refractivity contribution in [1.82, 2.24) is 25.4 Å². The highest BCUT2D eigenvalue weighted by atomic mass is 19.1. The van der Waals surface area contributed by atoms with E-state index in [1.165, 1.54) is 6.07 Å². The average Bonchev–Trinajstić information content (AvgIpc) is 2.86. The topological polar surface area (TPSA) is 67.1 Å². The minimum absolute atomic E-state index is 0.196. The normalized spacial score (nSPS) is 11.6. The number of aromatic nitrogens is 3. The Morgan fingerprint density at radius 1 is 1.25 bits per heavy atom. The standard InChI is InChI=1S/C17H25FN6/c1-5-19-17(21-11-16-23-22-13(3)24(16)4)20-9-8-14-6-7-15(18)10-12(14)2/h6-7,10H,5,8-9,11H2,1-4H3,(H2,19,20,21). The molecule has 2 N–H and O–H groups in total.